The number of esters is 1. The number of amides is 2. The van der Waals surface area contributed by atoms with Crippen LogP contribution >= 0.6 is 0 Å². The third kappa shape index (κ3) is 25.5. The Morgan fingerprint density at radius 2 is 1.24 bits per heavy atom. The molecule has 0 aromatic rings. The van der Waals surface area contributed by atoms with Gasteiger partial charge < -0.3 is 20.7 Å². The van der Waals surface area contributed by atoms with Gasteiger partial charge in [0.25, 0.3) is 5.91 Å². The molecule has 0 saturated heterocycles. The summed E-state index contributed by atoms with van der Waals surface area (Å²) in [6.07, 6.45) is 17.8. The molecule has 218 valence electrons. The van der Waals surface area contributed by atoms with Gasteiger partial charge in [-0.25, -0.2) is 4.79 Å². The quantitative estimate of drug-likeness (QED) is 0.0875. The van der Waals surface area contributed by atoms with Crippen molar-refractivity contribution in [1.82, 2.24) is 10.2 Å². The minimum absolute atomic E-state index is 0.309. The van der Waals surface area contributed by atoms with Crippen LogP contribution in [0, 0.1) is 0 Å². The van der Waals surface area contributed by atoms with E-state index in [1.54, 1.807) is 4.90 Å². The summed E-state index contributed by atoms with van der Waals surface area (Å²) < 4.78 is 5.05. The van der Waals surface area contributed by atoms with Crippen LogP contribution in [0.3, 0.4) is 0 Å². The molecule has 0 bridgehead atoms. The molecule has 0 fully saturated rings. The van der Waals surface area contributed by atoms with Crippen molar-refractivity contribution in [3.05, 3.63) is 12.7 Å². The monoisotopic (exact) mass is 525 g/mol. The lowest BCUT2D eigenvalue weighted by Crippen LogP contribution is -2.43. The maximum Gasteiger partial charge on any atom is 0.330 e. The van der Waals surface area contributed by atoms with Crippen LogP contribution in [0.1, 0.15) is 130 Å². The standard InChI is InChI=1S/C22H40N2O4.C8H19N/c1-4-7-8-9-10-11-12-13-14-15-17-24(16-5-2)22(27)19(18-20(23)25)28-21(26)6-3;1-3-5-7-9-8-6-4-2/h6,19H,3-5,7-18H2,1-2H3,(H2,23,25);9H,3-8H2,1-2H3. The van der Waals surface area contributed by atoms with E-state index in [0.29, 0.717) is 13.1 Å². The van der Waals surface area contributed by atoms with Gasteiger partial charge in [-0.05, 0) is 38.8 Å². The van der Waals surface area contributed by atoms with Gasteiger partial charge >= 0.3 is 5.97 Å². The summed E-state index contributed by atoms with van der Waals surface area (Å²) in [6.45, 7) is 15.6. The number of rotatable bonds is 24. The molecule has 0 aliphatic heterocycles. The highest BCUT2D eigenvalue weighted by molar-refractivity contribution is 5.90. The zero-order valence-electron chi connectivity index (χ0n) is 24.7. The number of hydrogen-bond donors (Lipinski definition) is 2. The van der Waals surface area contributed by atoms with Gasteiger partial charge in [0.1, 0.15) is 0 Å². The molecule has 0 radical (unpaired) electrons. The van der Waals surface area contributed by atoms with Crippen molar-refractivity contribution in [2.24, 2.45) is 5.73 Å². The molecule has 1 atom stereocenters. The molecular formula is C30H59N3O4. The molecule has 0 saturated carbocycles. The lowest BCUT2D eigenvalue weighted by Gasteiger charge is -2.26. The van der Waals surface area contributed by atoms with E-state index >= 15 is 0 Å². The lowest BCUT2D eigenvalue weighted by molar-refractivity contribution is -0.158. The zero-order chi connectivity index (χ0) is 28.2. The van der Waals surface area contributed by atoms with Crippen LogP contribution in [0.2, 0.25) is 0 Å². The second-order valence-corrected chi connectivity index (χ2v) is 9.76. The first-order valence-electron chi connectivity index (χ1n) is 15.0. The molecule has 7 heteroatoms. The summed E-state index contributed by atoms with van der Waals surface area (Å²) in [7, 11) is 0. The van der Waals surface area contributed by atoms with E-state index in [1.165, 1.54) is 83.7 Å². The summed E-state index contributed by atoms with van der Waals surface area (Å²) >= 11 is 0. The van der Waals surface area contributed by atoms with Crippen molar-refractivity contribution < 1.29 is 19.1 Å². The van der Waals surface area contributed by atoms with Crippen LogP contribution in [0.5, 0.6) is 0 Å². The van der Waals surface area contributed by atoms with E-state index in [9.17, 15) is 14.4 Å². The van der Waals surface area contributed by atoms with Gasteiger partial charge in [-0.15, -0.1) is 0 Å². The average molecular weight is 526 g/mol. The normalized spacial score (nSPS) is 11.2. The fraction of sp³-hybridized carbons (Fsp3) is 0.833. The van der Waals surface area contributed by atoms with Gasteiger partial charge in [0, 0.05) is 19.2 Å². The highest BCUT2D eigenvalue weighted by atomic mass is 16.5. The van der Waals surface area contributed by atoms with Crippen molar-refractivity contribution in [3.8, 4) is 0 Å². The van der Waals surface area contributed by atoms with Crippen molar-refractivity contribution >= 4 is 17.8 Å². The zero-order valence-corrected chi connectivity index (χ0v) is 24.7. The number of carbonyl (C=O) groups is 3. The Balaban J connectivity index is 0. The number of nitrogens with two attached hydrogens (primary N) is 1. The van der Waals surface area contributed by atoms with Crippen molar-refractivity contribution in [1.29, 1.82) is 0 Å². The minimum Gasteiger partial charge on any atom is -0.449 e. The van der Waals surface area contributed by atoms with E-state index in [2.05, 4.69) is 32.7 Å². The number of ether oxygens (including phenoxy) is 1. The molecule has 0 aromatic carbocycles. The third-order valence-electron chi connectivity index (χ3n) is 6.09. The molecule has 0 heterocycles. The first kappa shape index (κ1) is 37.3. The fourth-order valence-corrected chi connectivity index (χ4v) is 3.87. The Morgan fingerprint density at radius 1 is 0.757 bits per heavy atom. The van der Waals surface area contributed by atoms with Gasteiger partial charge in [0.2, 0.25) is 5.91 Å². The second kappa shape index (κ2) is 28.7. The molecule has 2 amide bonds. The van der Waals surface area contributed by atoms with Gasteiger partial charge in [-0.1, -0.05) is 105 Å². The molecule has 0 aromatic heterocycles. The van der Waals surface area contributed by atoms with Gasteiger partial charge in [0.15, 0.2) is 6.10 Å². The molecule has 0 spiro atoms. The van der Waals surface area contributed by atoms with Crippen LogP contribution in [0.4, 0.5) is 0 Å². The Morgan fingerprint density at radius 3 is 1.68 bits per heavy atom. The van der Waals surface area contributed by atoms with Gasteiger partial charge in [0.05, 0.1) is 6.42 Å². The van der Waals surface area contributed by atoms with Crippen LogP contribution in [-0.2, 0) is 19.1 Å². The van der Waals surface area contributed by atoms with Crippen LogP contribution < -0.4 is 11.1 Å². The fourth-order valence-electron chi connectivity index (χ4n) is 3.87. The molecular weight excluding hydrogens is 466 g/mol. The van der Waals surface area contributed by atoms with Crippen LogP contribution in [-0.4, -0.2) is 55.0 Å². The molecule has 3 N–H and O–H groups in total. The topological polar surface area (TPSA) is 102 Å². The minimum atomic E-state index is -1.17. The summed E-state index contributed by atoms with van der Waals surface area (Å²) in [5, 5.41) is 3.39. The number of hydrogen-bond acceptors (Lipinski definition) is 5. The van der Waals surface area contributed by atoms with Crippen LogP contribution in [0.15, 0.2) is 12.7 Å². The summed E-state index contributed by atoms with van der Waals surface area (Å²) in [5.41, 5.74) is 5.20. The van der Waals surface area contributed by atoms with E-state index in [0.717, 1.165) is 31.8 Å². The first-order chi connectivity index (χ1) is 17.9. The molecule has 0 aliphatic carbocycles. The van der Waals surface area contributed by atoms with E-state index in [1.807, 2.05) is 6.92 Å². The second-order valence-electron chi connectivity index (χ2n) is 9.76. The molecule has 7 nitrogen and oxygen atoms in total. The Kier molecular flexibility index (Phi) is 28.9. The Labute approximate surface area is 228 Å². The maximum absolute atomic E-state index is 12.7. The molecule has 0 rings (SSSR count). The highest BCUT2D eigenvalue weighted by Gasteiger charge is 2.28. The number of nitrogens with one attached hydrogen (secondary N) is 1. The summed E-state index contributed by atoms with van der Waals surface area (Å²) in [5.74, 6) is -1.76. The number of carbonyl (C=O) groups excluding carboxylic acids is 3. The first-order valence-corrected chi connectivity index (χ1v) is 15.0. The maximum atomic E-state index is 12.7. The van der Waals surface area contributed by atoms with E-state index in [4.69, 9.17) is 10.5 Å². The SMILES string of the molecule is C=CC(=O)OC(CC(N)=O)C(=O)N(CCC)CCCCCCCCCCCC.CCCCNCCCC. The largest absolute Gasteiger partial charge is 0.449 e. The number of primary amides is 1. The predicted molar refractivity (Wildman–Crippen MR) is 155 cm³/mol. The highest BCUT2D eigenvalue weighted by Crippen LogP contribution is 2.12. The third-order valence-corrected chi connectivity index (χ3v) is 6.09. The van der Waals surface area contributed by atoms with E-state index < -0.39 is 18.0 Å². The smallest absolute Gasteiger partial charge is 0.330 e. The predicted octanol–water partition coefficient (Wildman–Crippen LogP) is 6.30. The van der Waals surface area contributed by atoms with Gasteiger partial charge in [-0.2, -0.15) is 0 Å². The molecule has 1 unspecified atom stereocenters. The summed E-state index contributed by atoms with van der Waals surface area (Å²) in [4.78, 5) is 37.1. The average Bonchev–Trinajstić information content (AvgIpc) is 2.88. The van der Waals surface area contributed by atoms with E-state index in [-0.39, 0.29) is 12.3 Å². The van der Waals surface area contributed by atoms with Crippen molar-refractivity contribution in [2.75, 3.05) is 26.2 Å². The Hall–Kier alpha value is -1.89. The molecule has 0 aliphatic rings. The number of nitrogens with zero attached hydrogens (tertiary/aromatic N) is 1. The van der Waals surface area contributed by atoms with Crippen molar-refractivity contribution in [2.45, 2.75) is 137 Å². The number of unbranched alkanes of at least 4 members (excludes halogenated alkanes) is 11. The van der Waals surface area contributed by atoms with Gasteiger partial charge in [-0.3, -0.25) is 9.59 Å². The summed E-state index contributed by atoms with van der Waals surface area (Å²) in [6, 6.07) is 0. The van der Waals surface area contributed by atoms with Crippen molar-refractivity contribution in [3.63, 3.8) is 0 Å². The van der Waals surface area contributed by atoms with Crippen LogP contribution in [0.25, 0.3) is 0 Å². The Bertz CT molecular complexity index is 563. The molecule has 37 heavy (non-hydrogen) atoms. The lowest BCUT2D eigenvalue weighted by atomic mass is 10.1.